The maximum atomic E-state index is 13.6. The van der Waals surface area contributed by atoms with Crippen molar-refractivity contribution in [3.8, 4) is 0 Å². The van der Waals surface area contributed by atoms with Gasteiger partial charge in [0.2, 0.25) is 15.0 Å². The van der Waals surface area contributed by atoms with Crippen molar-refractivity contribution in [1.29, 1.82) is 0 Å². The largest absolute Gasteiger partial charge is 0.409 e. The van der Waals surface area contributed by atoms with Crippen molar-refractivity contribution >= 4 is 26.4 Å². The predicted octanol–water partition coefficient (Wildman–Crippen LogP) is 4.75. The molecule has 0 fully saturated rings. The third-order valence-electron chi connectivity index (χ3n) is 3.37. The maximum absolute atomic E-state index is 13.6. The third kappa shape index (κ3) is 4.00. The molecule has 0 aliphatic rings. The standard InChI is InChI=1S/C15H12F4N2O2S2/c1-3-21(25(22,23)12-8-13(20-2)24-9-12)14(15(17,18)19)10-4-6-11(16)7-5-10/h4-9,14H,3H2,1H3. The van der Waals surface area contributed by atoms with E-state index in [1.807, 2.05) is 0 Å². The number of thiophene rings is 1. The molecule has 1 heterocycles. The number of nitrogens with zero attached hydrogens (tertiary/aromatic N) is 2. The molecule has 1 aromatic heterocycles. The van der Waals surface area contributed by atoms with Gasteiger partial charge < -0.3 is 0 Å². The Balaban J connectivity index is 2.57. The minimum Gasteiger partial charge on any atom is -0.227 e. The fraction of sp³-hybridized carbons (Fsp3) is 0.267. The number of benzene rings is 1. The van der Waals surface area contributed by atoms with E-state index in [4.69, 9.17) is 6.57 Å². The monoisotopic (exact) mass is 392 g/mol. The lowest BCUT2D eigenvalue weighted by Crippen LogP contribution is -2.42. The summed E-state index contributed by atoms with van der Waals surface area (Å²) in [6.45, 7) is 7.69. The molecule has 25 heavy (non-hydrogen) atoms. The molecule has 1 aromatic carbocycles. The number of alkyl halides is 3. The van der Waals surface area contributed by atoms with Crippen LogP contribution >= 0.6 is 11.3 Å². The highest BCUT2D eigenvalue weighted by molar-refractivity contribution is 7.89. The summed E-state index contributed by atoms with van der Waals surface area (Å²) in [5, 5.41) is 1.18. The maximum Gasteiger partial charge on any atom is 0.409 e. The fourth-order valence-electron chi connectivity index (χ4n) is 2.29. The lowest BCUT2D eigenvalue weighted by atomic mass is 10.1. The van der Waals surface area contributed by atoms with E-state index in [0.717, 1.165) is 47.0 Å². The number of sulfonamides is 1. The molecule has 0 bridgehead atoms. The van der Waals surface area contributed by atoms with Crippen LogP contribution in [-0.2, 0) is 10.0 Å². The van der Waals surface area contributed by atoms with Gasteiger partial charge >= 0.3 is 6.18 Å². The average Bonchev–Trinajstić information content (AvgIpc) is 3.02. The molecule has 0 N–H and O–H groups in total. The van der Waals surface area contributed by atoms with Gasteiger partial charge in [0.25, 0.3) is 0 Å². The van der Waals surface area contributed by atoms with Gasteiger partial charge in [-0.1, -0.05) is 19.1 Å². The molecule has 1 atom stereocenters. The summed E-state index contributed by atoms with van der Waals surface area (Å²) < 4.78 is 79.5. The summed E-state index contributed by atoms with van der Waals surface area (Å²) in [5.41, 5.74) is -0.389. The van der Waals surface area contributed by atoms with Gasteiger partial charge in [-0.2, -0.15) is 28.8 Å². The van der Waals surface area contributed by atoms with Gasteiger partial charge in [0.05, 0.1) is 11.5 Å². The first-order valence-corrected chi connectivity index (χ1v) is 9.23. The van der Waals surface area contributed by atoms with Crippen LogP contribution in [-0.4, -0.2) is 25.4 Å². The predicted molar refractivity (Wildman–Crippen MR) is 85.3 cm³/mol. The smallest absolute Gasteiger partial charge is 0.227 e. The van der Waals surface area contributed by atoms with Crippen molar-refractivity contribution in [2.45, 2.75) is 24.0 Å². The Kier molecular flexibility index (Phi) is 5.51. The molecule has 134 valence electrons. The lowest BCUT2D eigenvalue weighted by Gasteiger charge is -2.31. The minimum absolute atomic E-state index is 0.0555. The Bertz CT molecular complexity index is 883. The van der Waals surface area contributed by atoms with Crippen LogP contribution in [0.1, 0.15) is 18.5 Å². The summed E-state index contributed by atoms with van der Waals surface area (Å²) in [6, 6.07) is 2.08. The Morgan fingerprint density at radius 1 is 1.28 bits per heavy atom. The van der Waals surface area contributed by atoms with Crippen molar-refractivity contribution in [1.82, 2.24) is 4.31 Å². The molecule has 0 aliphatic heterocycles. The quantitative estimate of drug-likeness (QED) is 0.544. The van der Waals surface area contributed by atoms with Gasteiger partial charge in [0.15, 0.2) is 0 Å². The van der Waals surface area contributed by atoms with Gasteiger partial charge in [-0.15, -0.1) is 0 Å². The SMILES string of the molecule is [C-]#[N+]c1cc(S(=O)(=O)N(CC)C(c2ccc(F)cc2)C(F)(F)F)cs1. The van der Waals surface area contributed by atoms with Crippen LogP contribution in [0.4, 0.5) is 22.6 Å². The molecule has 2 rings (SSSR count). The topological polar surface area (TPSA) is 41.7 Å². The molecular formula is C15H12F4N2O2S2. The summed E-state index contributed by atoms with van der Waals surface area (Å²) in [7, 11) is -4.49. The van der Waals surface area contributed by atoms with E-state index in [2.05, 4.69) is 4.85 Å². The van der Waals surface area contributed by atoms with Crippen LogP contribution in [0.25, 0.3) is 4.85 Å². The van der Waals surface area contributed by atoms with Gasteiger partial charge in [-0.25, -0.2) is 17.7 Å². The van der Waals surface area contributed by atoms with Gasteiger partial charge in [-0.3, -0.25) is 0 Å². The van der Waals surface area contributed by atoms with Crippen LogP contribution in [0.15, 0.2) is 40.6 Å². The Hall–Kier alpha value is -1.96. The first-order chi connectivity index (χ1) is 11.6. The Labute approximate surface area is 146 Å². The van der Waals surface area contributed by atoms with E-state index in [9.17, 15) is 26.0 Å². The van der Waals surface area contributed by atoms with E-state index < -0.39 is 34.6 Å². The Morgan fingerprint density at radius 3 is 2.32 bits per heavy atom. The highest BCUT2D eigenvalue weighted by atomic mass is 32.2. The number of rotatable bonds is 5. The van der Waals surface area contributed by atoms with Crippen LogP contribution < -0.4 is 0 Å². The third-order valence-corrected chi connectivity index (χ3v) is 6.26. The first kappa shape index (κ1) is 19.4. The van der Waals surface area contributed by atoms with E-state index >= 15 is 0 Å². The lowest BCUT2D eigenvalue weighted by molar-refractivity contribution is -0.173. The van der Waals surface area contributed by atoms with Crippen molar-refractivity contribution in [3.05, 3.63) is 58.5 Å². The highest BCUT2D eigenvalue weighted by Crippen LogP contribution is 2.41. The van der Waals surface area contributed by atoms with Crippen molar-refractivity contribution < 1.29 is 26.0 Å². The second-order valence-corrected chi connectivity index (χ2v) is 7.72. The van der Waals surface area contributed by atoms with Gasteiger partial charge in [0.1, 0.15) is 11.9 Å². The number of hydrogen-bond donors (Lipinski definition) is 0. The summed E-state index contributed by atoms with van der Waals surface area (Å²) in [5.74, 6) is -0.727. The zero-order valence-electron chi connectivity index (χ0n) is 12.8. The molecule has 0 radical (unpaired) electrons. The normalized spacial score (nSPS) is 13.6. The van der Waals surface area contributed by atoms with E-state index in [1.54, 1.807) is 0 Å². The summed E-state index contributed by atoms with van der Waals surface area (Å²) >= 11 is 0.830. The van der Waals surface area contributed by atoms with Crippen LogP contribution in [0, 0.1) is 12.4 Å². The van der Waals surface area contributed by atoms with Crippen LogP contribution in [0.3, 0.4) is 0 Å². The molecule has 0 spiro atoms. The molecule has 0 amide bonds. The number of halogens is 4. The second-order valence-electron chi connectivity index (χ2n) is 4.94. The van der Waals surface area contributed by atoms with E-state index in [0.29, 0.717) is 4.31 Å². The number of hydrogen-bond acceptors (Lipinski definition) is 3. The molecule has 4 nitrogen and oxygen atoms in total. The fourth-order valence-corrected chi connectivity index (χ4v) is 4.94. The minimum atomic E-state index is -4.90. The van der Waals surface area contributed by atoms with Crippen molar-refractivity contribution in [2.24, 2.45) is 0 Å². The van der Waals surface area contributed by atoms with Crippen LogP contribution in [0.5, 0.6) is 0 Å². The van der Waals surface area contributed by atoms with Gasteiger partial charge in [0, 0.05) is 6.54 Å². The molecule has 0 saturated heterocycles. The van der Waals surface area contributed by atoms with E-state index in [1.165, 1.54) is 6.92 Å². The van der Waals surface area contributed by atoms with Crippen molar-refractivity contribution in [3.63, 3.8) is 0 Å². The zero-order chi connectivity index (χ0) is 18.8. The second kappa shape index (κ2) is 7.11. The average molecular weight is 392 g/mol. The van der Waals surface area contributed by atoms with Crippen LogP contribution in [0.2, 0.25) is 0 Å². The molecular weight excluding hydrogens is 380 g/mol. The first-order valence-electron chi connectivity index (χ1n) is 6.91. The molecule has 0 aliphatic carbocycles. The zero-order valence-corrected chi connectivity index (χ0v) is 14.4. The van der Waals surface area contributed by atoms with E-state index in [-0.39, 0.29) is 15.5 Å². The summed E-state index contributed by atoms with van der Waals surface area (Å²) in [6.07, 6.45) is -4.90. The van der Waals surface area contributed by atoms with Gasteiger partial charge in [-0.05, 0) is 29.1 Å². The molecule has 1 unspecified atom stereocenters. The summed E-state index contributed by atoms with van der Waals surface area (Å²) in [4.78, 5) is 2.70. The highest BCUT2D eigenvalue weighted by Gasteiger charge is 2.48. The molecule has 10 heteroatoms. The molecule has 2 aromatic rings. The van der Waals surface area contributed by atoms with Crippen molar-refractivity contribution in [2.75, 3.05) is 6.54 Å². The molecule has 0 saturated carbocycles. The Morgan fingerprint density at radius 2 is 1.88 bits per heavy atom.